The minimum atomic E-state index is 0.723. The number of aromatic nitrogens is 1. The Morgan fingerprint density at radius 1 is 1.23 bits per heavy atom. The van der Waals surface area contributed by atoms with Gasteiger partial charge in [0, 0.05) is 44.0 Å². The summed E-state index contributed by atoms with van der Waals surface area (Å²) in [5.74, 6) is 0.870. The van der Waals surface area contributed by atoms with E-state index in [4.69, 9.17) is 0 Å². The fraction of sp³-hybridized carbons (Fsp3) is 0.636. The van der Waals surface area contributed by atoms with Gasteiger partial charge in [-0.3, -0.25) is 0 Å². The van der Waals surface area contributed by atoms with Crippen molar-refractivity contribution in [1.82, 2.24) is 9.47 Å². The maximum atomic E-state index is 2.52. The smallest absolute Gasteiger partial charge is 0.0272 e. The summed E-state index contributed by atoms with van der Waals surface area (Å²) in [6.07, 6.45) is 4.30. The molecule has 1 fully saturated rings. The third-order valence-electron chi connectivity index (χ3n) is 2.85. The topological polar surface area (TPSA) is 8.17 Å². The lowest BCUT2D eigenvalue weighted by molar-refractivity contribution is 0.0576. The highest BCUT2D eigenvalue weighted by atomic mass is 15.2. The minimum Gasteiger partial charge on any atom is -0.354 e. The molecule has 1 saturated heterocycles. The van der Waals surface area contributed by atoms with Crippen molar-refractivity contribution in [3.05, 3.63) is 24.5 Å². The first-order valence-corrected chi connectivity index (χ1v) is 5.10. The Morgan fingerprint density at radius 2 is 1.85 bits per heavy atom. The lowest BCUT2D eigenvalue weighted by Crippen LogP contribution is -2.51. The number of likely N-dealkylation sites (tertiary alicyclic amines) is 1. The summed E-state index contributed by atoms with van der Waals surface area (Å²) >= 11 is 0. The molecule has 1 aliphatic heterocycles. The summed E-state index contributed by atoms with van der Waals surface area (Å²) in [6, 6.07) is 4.92. The Kier molecular flexibility index (Phi) is 2.40. The molecular weight excluding hydrogens is 160 g/mol. The van der Waals surface area contributed by atoms with E-state index < -0.39 is 0 Å². The summed E-state index contributed by atoms with van der Waals surface area (Å²) in [6.45, 7) is 8.28. The molecule has 0 unspecified atom stereocenters. The molecule has 1 aromatic heterocycles. The quantitative estimate of drug-likeness (QED) is 0.685. The summed E-state index contributed by atoms with van der Waals surface area (Å²) in [4.78, 5) is 2.52. The van der Waals surface area contributed by atoms with Gasteiger partial charge in [0.15, 0.2) is 0 Å². The Hall–Kier alpha value is -0.760. The van der Waals surface area contributed by atoms with E-state index in [1.165, 1.54) is 19.6 Å². The second-order valence-corrected chi connectivity index (χ2v) is 4.29. The third-order valence-corrected chi connectivity index (χ3v) is 2.85. The SMILES string of the molecule is CC(C)N1CC(Cn2cccc2)C1. The van der Waals surface area contributed by atoms with E-state index in [9.17, 15) is 0 Å². The van der Waals surface area contributed by atoms with Crippen LogP contribution in [0.4, 0.5) is 0 Å². The van der Waals surface area contributed by atoms with Gasteiger partial charge in [-0.25, -0.2) is 0 Å². The van der Waals surface area contributed by atoms with Crippen molar-refractivity contribution in [2.24, 2.45) is 5.92 Å². The fourth-order valence-corrected chi connectivity index (χ4v) is 1.94. The highest BCUT2D eigenvalue weighted by molar-refractivity contribution is 4.92. The number of hydrogen-bond acceptors (Lipinski definition) is 1. The molecule has 72 valence electrons. The first kappa shape index (κ1) is 8.82. The van der Waals surface area contributed by atoms with Crippen LogP contribution in [0, 0.1) is 5.92 Å². The Morgan fingerprint density at radius 3 is 2.38 bits per heavy atom. The average Bonchev–Trinajstić information content (AvgIpc) is 2.46. The largest absolute Gasteiger partial charge is 0.354 e. The Labute approximate surface area is 80.2 Å². The Balaban J connectivity index is 1.76. The van der Waals surface area contributed by atoms with Crippen LogP contribution in [0.1, 0.15) is 13.8 Å². The molecule has 1 aliphatic rings. The molecule has 0 bridgehead atoms. The molecule has 0 aliphatic carbocycles. The first-order chi connectivity index (χ1) is 6.25. The molecule has 0 spiro atoms. The number of nitrogens with zero attached hydrogens (tertiary/aromatic N) is 2. The molecule has 2 heterocycles. The first-order valence-electron chi connectivity index (χ1n) is 5.10. The zero-order chi connectivity index (χ0) is 9.26. The molecule has 0 amide bonds. The van der Waals surface area contributed by atoms with Crippen LogP contribution < -0.4 is 0 Å². The van der Waals surface area contributed by atoms with Crippen molar-refractivity contribution in [1.29, 1.82) is 0 Å². The maximum Gasteiger partial charge on any atom is 0.0272 e. The van der Waals surface area contributed by atoms with Crippen LogP contribution in [0.25, 0.3) is 0 Å². The van der Waals surface area contributed by atoms with Crippen molar-refractivity contribution in [2.75, 3.05) is 13.1 Å². The van der Waals surface area contributed by atoms with Crippen molar-refractivity contribution in [3.63, 3.8) is 0 Å². The monoisotopic (exact) mass is 178 g/mol. The van der Waals surface area contributed by atoms with E-state index in [1.807, 2.05) is 0 Å². The Bertz CT molecular complexity index is 245. The molecule has 1 aromatic rings. The zero-order valence-electron chi connectivity index (χ0n) is 8.48. The van der Waals surface area contributed by atoms with Gasteiger partial charge in [0.1, 0.15) is 0 Å². The number of rotatable bonds is 3. The summed E-state index contributed by atoms with van der Waals surface area (Å²) < 4.78 is 2.28. The van der Waals surface area contributed by atoms with Crippen LogP contribution in [0.3, 0.4) is 0 Å². The van der Waals surface area contributed by atoms with Crippen LogP contribution in [0.5, 0.6) is 0 Å². The molecule has 0 atom stereocenters. The maximum absolute atomic E-state index is 2.52. The van der Waals surface area contributed by atoms with Gasteiger partial charge in [-0.2, -0.15) is 0 Å². The molecule has 0 saturated carbocycles. The highest BCUT2D eigenvalue weighted by Gasteiger charge is 2.27. The van der Waals surface area contributed by atoms with Crippen LogP contribution in [0.15, 0.2) is 24.5 Å². The second kappa shape index (κ2) is 3.54. The second-order valence-electron chi connectivity index (χ2n) is 4.29. The predicted molar refractivity (Wildman–Crippen MR) is 54.6 cm³/mol. The standard InChI is InChI=1S/C11H18N2/c1-10(2)13-8-11(9-13)7-12-5-3-4-6-12/h3-6,10-11H,7-9H2,1-2H3. The van der Waals surface area contributed by atoms with Crippen LogP contribution in [0.2, 0.25) is 0 Å². The van der Waals surface area contributed by atoms with Gasteiger partial charge in [0.25, 0.3) is 0 Å². The van der Waals surface area contributed by atoms with Crippen LogP contribution >= 0.6 is 0 Å². The number of hydrogen-bond donors (Lipinski definition) is 0. The molecular formula is C11H18N2. The summed E-state index contributed by atoms with van der Waals surface area (Å²) in [5, 5.41) is 0. The normalized spacial score (nSPS) is 19.3. The van der Waals surface area contributed by atoms with E-state index in [2.05, 4.69) is 47.8 Å². The van der Waals surface area contributed by atoms with E-state index in [-0.39, 0.29) is 0 Å². The predicted octanol–water partition coefficient (Wildman–Crippen LogP) is 1.83. The van der Waals surface area contributed by atoms with E-state index in [0.29, 0.717) is 0 Å². The van der Waals surface area contributed by atoms with Gasteiger partial charge in [0.05, 0.1) is 0 Å². The molecule has 2 rings (SSSR count). The lowest BCUT2D eigenvalue weighted by Gasteiger charge is -2.42. The van der Waals surface area contributed by atoms with E-state index >= 15 is 0 Å². The fourth-order valence-electron chi connectivity index (χ4n) is 1.94. The minimum absolute atomic E-state index is 0.723. The summed E-state index contributed by atoms with van der Waals surface area (Å²) in [5.41, 5.74) is 0. The van der Waals surface area contributed by atoms with Crippen LogP contribution in [-0.4, -0.2) is 28.6 Å². The van der Waals surface area contributed by atoms with E-state index in [0.717, 1.165) is 12.0 Å². The van der Waals surface area contributed by atoms with Crippen molar-refractivity contribution in [2.45, 2.75) is 26.4 Å². The van der Waals surface area contributed by atoms with Crippen molar-refractivity contribution >= 4 is 0 Å². The van der Waals surface area contributed by atoms with Gasteiger partial charge < -0.3 is 9.47 Å². The molecule has 13 heavy (non-hydrogen) atoms. The van der Waals surface area contributed by atoms with Gasteiger partial charge in [-0.05, 0) is 26.0 Å². The van der Waals surface area contributed by atoms with E-state index in [1.54, 1.807) is 0 Å². The lowest BCUT2D eigenvalue weighted by atomic mass is 9.98. The average molecular weight is 178 g/mol. The van der Waals surface area contributed by atoms with Gasteiger partial charge >= 0.3 is 0 Å². The van der Waals surface area contributed by atoms with Crippen LogP contribution in [-0.2, 0) is 6.54 Å². The third kappa shape index (κ3) is 1.94. The van der Waals surface area contributed by atoms with Gasteiger partial charge in [0.2, 0.25) is 0 Å². The highest BCUT2D eigenvalue weighted by Crippen LogP contribution is 2.19. The molecule has 2 nitrogen and oxygen atoms in total. The molecule has 0 N–H and O–H groups in total. The van der Waals surface area contributed by atoms with Gasteiger partial charge in [-0.1, -0.05) is 0 Å². The van der Waals surface area contributed by atoms with Gasteiger partial charge in [-0.15, -0.1) is 0 Å². The summed E-state index contributed by atoms with van der Waals surface area (Å²) in [7, 11) is 0. The molecule has 0 aromatic carbocycles. The van der Waals surface area contributed by atoms with Crippen molar-refractivity contribution in [3.8, 4) is 0 Å². The molecule has 0 radical (unpaired) electrons. The zero-order valence-corrected chi connectivity index (χ0v) is 8.48. The van der Waals surface area contributed by atoms with Crippen molar-refractivity contribution < 1.29 is 0 Å². The molecule has 2 heteroatoms.